The Kier molecular flexibility index (Phi) is 10.2. The minimum absolute atomic E-state index is 0.151. The lowest BCUT2D eigenvalue weighted by atomic mass is 10.0. The van der Waals surface area contributed by atoms with Crippen molar-refractivity contribution < 1.29 is 4.79 Å². The third-order valence-corrected chi connectivity index (χ3v) is 2.91. The Bertz CT molecular complexity index is 193. The smallest absolute Gasteiger partial charge is 0.220 e. The van der Waals surface area contributed by atoms with E-state index in [1.807, 2.05) is 0 Å². The molecule has 0 aliphatic carbocycles. The largest absolute Gasteiger partial charge is 0.352 e. The van der Waals surface area contributed by atoms with Crippen LogP contribution in [0.5, 0.6) is 0 Å². The third-order valence-electron chi connectivity index (χ3n) is 2.91. The van der Waals surface area contributed by atoms with Gasteiger partial charge >= 0.3 is 0 Å². The first-order chi connectivity index (χ1) is 8.10. The first-order valence-corrected chi connectivity index (χ1v) is 7.09. The minimum Gasteiger partial charge on any atom is -0.352 e. The predicted octanol–water partition coefficient (Wildman–Crippen LogP) is 2.84. The molecule has 0 radical (unpaired) electrons. The highest BCUT2D eigenvalue weighted by Gasteiger charge is 2.11. The van der Waals surface area contributed by atoms with Gasteiger partial charge in [-0.25, -0.2) is 0 Å². The van der Waals surface area contributed by atoms with E-state index in [0.717, 1.165) is 12.8 Å². The maximum absolute atomic E-state index is 11.7. The van der Waals surface area contributed by atoms with Gasteiger partial charge in [0.2, 0.25) is 5.91 Å². The average Bonchev–Trinajstić information content (AvgIpc) is 2.27. The average molecular weight is 242 g/mol. The molecule has 0 saturated heterocycles. The van der Waals surface area contributed by atoms with E-state index in [1.54, 1.807) is 0 Å². The summed E-state index contributed by atoms with van der Waals surface area (Å²) in [6.45, 7) is 7.04. The molecule has 1 atom stereocenters. The van der Waals surface area contributed by atoms with Crippen LogP contribution in [-0.4, -0.2) is 18.5 Å². The van der Waals surface area contributed by atoms with Crippen LogP contribution in [0.3, 0.4) is 0 Å². The zero-order chi connectivity index (χ0) is 13.1. The molecule has 17 heavy (non-hydrogen) atoms. The van der Waals surface area contributed by atoms with Crippen molar-refractivity contribution in [1.82, 2.24) is 5.32 Å². The maximum Gasteiger partial charge on any atom is 0.220 e. The summed E-state index contributed by atoms with van der Waals surface area (Å²) in [6.07, 6.45) is 7.56. The van der Waals surface area contributed by atoms with Gasteiger partial charge in [-0.3, -0.25) is 4.79 Å². The van der Waals surface area contributed by atoms with Crippen molar-refractivity contribution >= 4 is 5.91 Å². The lowest BCUT2D eigenvalue weighted by Gasteiger charge is -2.18. The summed E-state index contributed by atoms with van der Waals surface area (Å²) in [6, 6.07) is 0.151. The van der Waals surface area contributed by atoms with Gasteiger partial charge in [0.05, 0.1) is 0 Å². The van der Waals surface area contributed by atoms with Crippen molar-refractivity contribution in [1.29, 1.82) is 0 Å². The van der Waals surface area contributed by atoms with Crippen LogP contribution in [0, 0.1) is 5.92 Å². The molecule has 0 heterocycles. The van der Waals surface area contributed by atoms with Gasteiger partial charge in [-0.2, -0.15) is 0 Å². The SMILES string of the molecule is CCCCCCCC(=O)NC(CN)CC(C)C. The van der Waals surface area contributed by atoms with E-state index in [9.17, 15) is 4.79 Å². The van der Waals surface area contributed by atoms with E-state index in [1.165, 1.54) is 25.7 Å². The fourth-order valence-corrected chi connectivity index (χ4v) is 1.97. The zero-order valence-corrected chi connectivity index (χ0v) is 11.8. The van der Waals surface area contributed by atoms with E-state index in [2.05, 4.69) is 26.1 Å². The molecule has 3 N–H and O–H groups in total. The number of rotatable bonds is 10. The molecular formula is C14H30N2O. The number of carbonyl (C=O) groups is 1. The molecule has 3 nitrogen and oxygen atoms in total. The fraction of sp³-hybridized carbons (Fsp3) is 0.929. The normalized spacial score (nSPS) is 12.8. The molecule has 1 amide bonds. The summed E-state index contributed by atoms with van der Waals surface area (Å²) in [4.78, 5) is 11.7. The Balaban J connectivity index is 3.61. The second-order valence-electron chi connectivity index (χ2n) is 5.29. The molecule has 102 valence electrons. The van der Waals surface area contributed by atoms with E-state index in [-0.39, 0.29) is 11.9 Å². The van der Waals surface area contributed by atoms with Crippen molar-refractivity contribution in [3.8, 4) is 0 Å². The van der Waals surface area contributed by atoms with Gasteiger partial charge in [0.25, 0.3) is 0 Å². The zero-order valence-electron chi connectivity index (χ0n) is 11.8. The van der Waals surface area contributed by atoms with E-state index < -0.39 is 0 Å². The van der Waals surface area contributed by atoms with E-state index >= 15 is 0 Å². The number of nitrogens with one attached hydrogen (secondary N) is 1. The van der Waals surface area contributed by atoms with Crippen LogP contribution in [-0.2, 0) is 4.79 Å². The van der Waals surface area contributed by atoms with Gasteiger partial charge in [-0.05, 0) is 18.8 Å². The molecule has 0 bridgehead atoms. The molecule has 0 fully saturated rings. The Morgan fingerprint density at radius 3 is 2.35 bits per heavy atom. The molecule has 0 saturated carbocycles. The standard InChI is InChI=1S/C14H30N2O/c1-4-5-6-7-8-9-14(17)16-13(11-15)10-12(2)3/h12-13H,4-11,15H2,1-3H3,(H,16,17). The van der Waals surface area contributed by atoms with E-state index in [4.69, 9.17) is 5.73 Å². The van der Waals surface area contributed by atoms with Gasteiger partial charge in [0, 0.05) is 19.0 Å². The van der Waals surface area contributed by atoms with Crippen molar-refractivity contribution in [2.75, 3.05) is 6.54 Å². The van der Waals surface area contributed by atoms with Gasteiger partial charge in [0.15, 0.2) is 0 Å². The topological polar surface area (TPSA) is 55.1 Å². The lowest BCUT2D eigenvalue weighted by Crippen LogP contribution is -2.40. The Labute approximate surface area is 107 Å². The number of hydrogen-bond acceptors (Lipinski definition) is 2. The molecule has 3 heteroatoms. The number of unbranched alkanes of at least 4 members (excludes halogenated alkanes) is 4. The molecule has 0 aromatic carbocycles. The Morgan fingerprint density at radius 1 is 1.18 bits per heavy atom. The lowest BCUT2D eigenvalue weighted by molar-refractivity contribution is -0.121. The van der Waals surface area contributed by atoms with E-state index in [0.29, 0.717) is 18.9 Å². The summed E-state index contributed by atoms with van der Waals surface area (Å²) >= 11 is 0. The predicted molar refractivity (Wildman–Crippen MR) is 73.8 cm³/mol. The molecular weight excluding hydrogens is 212 g/mol. The van der Waals surface area contributed by atoms with Crippen molar-refractivity contribution in [2.45, 2.75) is 71.8 Å². The Morgan fingerprint density at radius 2 is 1.82 bits per heavy atom. The quantitative estimate of drug-likeness (QED) is 0.579. The van der Waals surface area contributed by atoms with Crippen LogP contribution >= 0.6 is 0 Å². The van der Waals surface area contributed by atoms with Gasteiger partial charge in [0.1, 0.15) is 0 Å². The summed E-state index contributed by atoms with van der Waals surface area (Å²) in [5, 5.41) is 3.02. The second-order valence-corrected chi connectivity index (χ2v) is 5.29. The number of nitrogens with two attached hydrogens (primary N) is 1. The second kappa shape index (κ2) is 10.6. The van der Waals surface area contributed by atoms with Gasteiger partial charge in [-0.15, -0.1) is 0 Å². The molecule has 0 aliphatic heterocycles. The van der Waals surface area contributed by atoms with Crippen molar-refractivity contribution in [3.63, 3.8) is 0 Å². The molecule has 0 aromatic rings. The molecule has 0 aliphatic rings. The van der Waals surface area contributed by atoms with Crippen LogP contribution < -0.4 is 11.1 Å². The fourth-order valence-electron chi connectivity index (χ4n) is 1.97. The van der Waals surface area contributed by atoms with Gasteiger partial charge in [-0.1, -0.05) is 46.5 Å². The molecule has 0 aromatic heterocycles. The van der Waals surface area contributed by atoms with Gasteiger partial charge < -0.3 is 11.1 Å². The maximum atomic E-state index is 11.7. The number of carbonyl (C=O) groups excluding carboxylic acids is 1. The van der Waals surface area contributed by atoms with Crippen LogP contribution in [0.4, 0.5) is 0 Å². The van der Waals surface area contributed by atoms with Crippen molar-refractivity contribution in [3.05, 3.63) is 0 Å². The number of amides is 1. The molecule has 1 unspecified atom stereocenters. The summed E-state index contributed by atoms with van der Waals surface area (Å²) in [5.41, 5.74) is 5.65. The van der Waals surface area contributed by atoms with Crippen LogP contribution in [0.25, 0.3) is 0 Å². The highest BCUT2D eigenvalue weighted by Crippen LogP contribution is 2.07. The highest BCUT2D eigenvalue weighted by atomic mass is 16.1. The number of hydrogen-bond donors (Lipinski definition) is 2. The first-order valence-electron chi connectivity index (χ1n) is 7.09. The summed E-state index contributed by atoms with van der Waals surface area (Å²) in [5.74, 6) is 0.742. The molecule has 0 rings (SSSR count). The van der Waals surface area contributed by atoms with Crippen molar-refractivity contribution in [2.24, 2.45) is 11.7 Å². The van der Waals surface area contributed by atoms with Crippen LogP contribution in [0.2, 0.25) is 0 Å². The summed E-state index contributed by atoms with van der Waals surface area (Å²) in [7, 11) is 0. The minimum atomic E-state index is 0.151. The molecule has 0 spiro atoms. The Hall–Kier alpha value is -0.570. The summed E-state index contributed by atoms with van der Waals surface area (Å²) < 4.78 is 0. The highest BCUT2D eigenvalue weighted by molar-refractivity contribution is 5.76. The monoisotopic (exact) mass is 242 g/mol. The van der Waals surface area contributed by atoms with Crippen LogP contribution in [0.1, 0.15) is 65.7 Å². The first kappa shape index (κ1) is 16.4. The van der Waals surface area contributed by atoms with Crippen LogP contribution in [0.15, 0.2) is 0 Å². The third kappa shape index (κ3) is 10.3.